The van der Waals surface area contributed by atoms with E-state index in [0.29, 0.717) is 5.56 Å². The van der Waals surface area contributed by atoms with Crippen molar-refractivity contribution in [3.8, 4) is 0 Å². The third kappa shape index (κ3) is 4.25. The Morgan fingerprint density at radius 2 is 2.12 bits per heavy atom. The Balaban J connectivity index is 2.46. The molecule has 0 atom stereocenters. The topological polar surface area (TPSA) is 87.7 Å². The Morgan fingerprint density at radius 3 is 2.71 bits per heavy atom. The Morgan fingerprint density at radius 1 is 1.41 bits per heavy atom. The summed E-state index contributed by atoms with van der Waals surface area (Å²) in [6.07, 6.45) is 0. The van der Waals surface area contributed by atoms with Crippen molar-refractivity contribution < 1.29 is 19.5 Å². The van der Waals surface area contributed by atoms with Crippen LogP contribution >= 0.6 is 15.9 Å². The van der Waals surface area contributed by atoms with E-state index in [2.05, 4.69) is 32.8 Å². The molecule has 0 spiro atoms. The minimum Gasteiger partial charge on any atom is -0.502 e. The molecule has 0 radical (unpaired) electrons. The van der Waals surface area contributed by atoms with Crippen molar-refractivity contribution in [2.45, 2.75) is 0 Å². The molecule has 0 fully saturated rings. The van der Waals surface area contributed by atoms with Crippen LogP contribution in [0, 0.1) is 0 Å². The maximum absolute atomic E-state index is 11.5. The molecule has 1 rings (SSSR count). The number of amides is 1. The fraction of sp³-hybridized carbons (Fsp3) is 0. The number of carbonyl (C=O) groups excluding carboxylic acids is 2. The van der Waals surface area contributed by atoms with Gasteiger partial charge in [0.1, 0.15) is 0 Å². The van der Waals surface area contributed by atoms with Gasteiger partial charge >= 0.3 is 5.97 Å². The smallest absolute Gasteiger partial charge is 0.392 e. The van der Waals surface area contributed by atoms with E-state index in [9.17, 15) is 9.59 Å². The molecule has 90 valence electrons. The number of nitrogens with one attached hydrogen (secondary N) is 2. The first-order valence-corrected chi connectivity index (χ1v) is 5.20. The molecule has 0 aromatic heterocycles. The molecule has 1 amide bonds. The lowest BCUT2D eigenvalue weighted by Crippen LogP contribution is -2.39. The molecule has 6 nitrogen and oxygen atoms in total. The molecule has 0 unspecified atom stereocenters. The summed E-state index contributed by atoms with van der Waals surface area (Å²) < 4.78 is 0.742. The number of hydrogen-bond donors (Lipinski definition) is 3. The second-order valence-corrected chi connectivity index (χ2v) is 3.82. The number of hydrazine groups is 1. The van der Waals surface area contributed by atoms with E-state index in [0.717, 1.165) is 4.47 Å². The molecule has 0 aliphatic rings. The number of benzene rings is 1. The van der Waals surface area contributed by atoms with Crippen LogP contribution in [0.1, 0.15) is 10.4 Å². The number of rotatable bonds is 4. The van der Waals surface area contributed by atoms with Crippen LogP contribution < -0.4 is 11.0 Å². The van der Waals surface area contributed by atoms with E-state index < -0.39 is 17.6 Å². The molecule has 1 aromatic rings. The molecular formula is C10H9BrN2O4. The van der Waals surface area contributed by atoms with Crippen LogP contribution in [-0.4, -0.2) is 17.0 Å². The molecule has 0 aliphatic heterocycles. The van der Waals surface area contributed by atoms with Crippen molar-refractivity contribution in [1.29, 1.82) is 0 Å². The van der Waals surface area contributed by atoms with Crippen LogP contribution in [0.2, 0.25) is 0 Å². The van der Waals surface area contributed by atoms with Crippen molar-refractivity contribution in [3.05, 3.63) is 46.6 Å². The fourth-order valence-electron chi connectivity index (χ4n) is 0.879. The lowest BCUT2D eigenvalue weighted by molar-refractivity contribution is -0.151. The van der Waals surface area contributed by atoms with Crippen molar-refractivity contribution in [1.82, 2.24) is 11.0 Å². The molecule has 0 bridgehead atoms. The Labute approximate surface area is 105 Å². The van der Waals surface area contributed by atoms with E-state index in [4.69, 9.17) is 5.11 Å². The van der Waals surface area contributed by atoms with Crippen molar-refractivity contribution >= 4 is 27.8 Å². The number of hydrogen-bond acceptors (Lipinski definition) is 5. The quantitative estimate of drug-likeness (QED) is 0.442. The van der Waals surface area contributed by atoms with Gasteiger partial charge in [-0.15, -0.1) is 0 Å². The van der Waals surface area contributed by atoms with Gasteiger partial charge in [-0.25, -0.2) is 4.79 Å². The number of aliphatic hydroxyl groups is 1. The van der Waals surface area contributed by atoms with E-state index in [1.165, 1.54) is 0 Å². The highest BCUT2D eigenvalue weighted by Crippen LogP contribution is 2.11. The highest BCUT2D eigenvalue weighted by atomic mass is 79.9. The summed E-state index contributed by atoms with van der Waals surface area (Å²) in [4.78, 5) is 26.4. The third-order valence-corrected chi connectivity index (χ3v) is 2.12. The normalized spacial score (nSPS) is 9.47. The Hall–Kier alpha value is -1.86. The predicted molar refractivity (Wildman–Crippen MR) is 62.6 cm³/mol. The number of halogens is 1. The minimum atomic E-state index is -1.08. The monoisotopic (exact) mass is 300 g/mol. The van der Waals surface area contributed by atoms with Crippen LogP contribution in [0.25, 0.3) is 0 Å². The Kier molecular flexibility index (Phi) is 4.68. The average Bonchev–Trinajstić information content (AvgIpc) is 2.28. The second-order valence-electron chi connectivity index (χ2n) is 2.90. The largest absolute Gasteiger partial charge is 0.502 e. The highest BCUT2D eigenvalue weighted by Gasteiger charge is 2.08. The summed E-state index contributed by atoms with van der Waals surface area (Å²) >= 11 is 3.21. The maximum atomic E-state index is 11.5. The van der Waals surface area contributed by atoms with Gasteiger partial charge in [-0.3, -0.25) is 10.2 Å². The van der Waals surface area contributed by atoms with E-state index in [1.54, 1.807) is 24.3 Å². The zero-order valence-electron chi connectivity index (χ0n) is 8.57. The van der Waals surface area contributed by atoms with Gasteiger partial charge in [0.2, 0.25) is 0 Å². The summed E-state index contributed by atoms with van der Waals surface area (Å²) in [5, 5.41) is 8.61. The second kappa shape index (κ2) is 6.02. The average molecular weight is 301 g/mol. The van der Waals surface area contributed by atoms with Crippen LogP contribution in [0.5, 0.6) is 0 Å². The molecular weight excluding hydrogens is 292 g/mol. The molecule has 0 aliphatic carbocycles. The zero-order chi connectivity index (χ0) is 12.8. The molecule has 3 N–H and O–H groups in total. The zero-order valence-corrected chi connectivity index (χ0v) is 10.2. The van der Waals surface area contributed by atoms with Crippen molar-refractivity contribution in [2.75, 3.05) is 0 Å². The fourth-order valence-corrected chi connectivity index (χ4v) is 1.28. The molecule has 0 saturated carbocycles. The summed E-state index contributed by atoms with van der Waals surface area (Å²) in [6, 6.07) is 6.61. The lowest BCUT2D eigenvalue weighted by Gasteiger charge is -2.06. The first kappa shape index (κ1) is 13.2. The van der Waals surface area contributed by atoms with Gasteiger partial charge in [0.25, 0.3) is 5.91 Å². The van der Waals surface area contributed by atoms with Gasteiger partial charge < -0.3 is 9.94 Å². The van der Waals surface area contributed by atoms with Crippen LogP contribution in [-0.2, 0) is 9.63 Å². The number of aliphatic hydroxyl groups excluding tert-OH is 1. The first-order chi connectivity index (χ1) is 8.00. The van der Waals surface area contributed by atoms with Gasteiger partial charge in [-0.1, -0.05) is 27.6 Å². The van der Waals surface area contributed by atoms with E-state index in [1.807, 2.05) is 5.59 Å². The SMILES string of the molecule is C=C(O)C(=O)ONNC(=O)c1cccc(Br)c1. The minimum absolute atomic E-state index is 0.366. The highest BCUT2D eigenvalue weighted by molar-refractivity contribution is 9.10. The van der Waals surface area contributed by atoms with Crippen molar-refractivity contribution in [3.63, 3.8) is 0 Å². The summed E-state index contributed by atoms with van der Waals surface area (Å²) in [5.74, 6) is -2.35. The van der Waals surface area contributed by atoms with Gasteiger partial charge in [0.05, 0.1) is 0 Å². The van der Waals surface area contributed by atoms with Crippen LogP contribution in [0.15, 0.2) is 41.1 Å². The van der Waals surface area contributed by atoms with Gasteiger partial charge in [-0.05, 0) is 24.8 Å². The molecule has 0 saturated heterocycles. The van der Waals surface area contributed by atoms with Gasteiger partial charge in [-0.2, -0.15) is 0 Å². The van der Waals surface area contributed by atoms with Crippen LogP contribution in [0.3, 0.4) is 0 Å². The summed E-state index contributed by atoms with van der Waals surface area (Å²) in [7, 11) is 0. The standard InChI is InChI=1S/C10H9BrN2O4/c1-6(14)10(16)17-13-12-9(15)7-3-2-4-8(11)5-7/h2-5,13-14H,1H2,(H,12,15). The maximum Gasteiger partial charge on any atom is 0.392 e. The first-order valence-electron chi connectivity index (χ1n) is 4.40. The van der Waals surface area contributed by atoms with Gasteiger partial charge in [0, 0.05) is 10.0 Å². The number of carbonyl (C=O) groups is 2. The lowest BCUT2D eigenvalue weighted by atomic mass is 10.2. The molecule has 1 aromatic carbocycles. The van der Waals surface area contributed by atoms with Gasteiger partial charge in [0.15, 0.2) is 5.76 Å². The summed E-state index contributed by atoms with van der Waals surface area (Å²) in [6.45, 7) is 2.94. The molecule has 0 heterocycles. The van der Waals surface area contributed by atoms with E-state index in [-0.39, 0.29) is 0 Å². The molecule has 7 heteroatoms. The van der Waals surface area contributed by atoms with E-state index >= 15 is 0 Å². The van der Waals surface area contributed by atoms with Crippen molar-refractivity contribution in [2.24, 2.45) is 0 Å². The third-order valence-electron chi connectivity index (χ3n) is 1.63. The molecule has 17 heavy (non-hydrogen) atoms. The van der Waals surface area contributed by atoms with Crippen LogP contribution in [0.4, 0.5) is 0 Å². The Bertz CT molecular complexity index is 461. The predicted octanol–water partition coefficient (Wildman–Crippen LogP) is 1.21. The summed E-state index contributed by atoms with van der Waals surface area (Å²) in [5.41, 5.74) is 4.37.